The zero-order valence-corrected chi connectivity index (χ0v) is 13.5. The summed E-state index contributed by atoms with van der Waals surface area (Å²) in [5.41, 5.74) is -1.18. The van der Waals surface area contributed by atoms with Gasteiger partial charge in [0.05, 0.1) is 4.90 Å². The molecule has 1 atom stereocenters. The molecule has 0 aromatic heterocycles. The van der Waals surface area contributed by atoms with Gasteiger partial charge in [0.2, 0.25) is 10.0 Å². The summed E-state index contributed by atoms with van der Waals surface area (Å²) in [6.45, 7) is 4.99. The molecule has 0 spiro atoms. The number of carboxylic acids is 1. The maximum absolute atomic E-state index is 12.1. The number of nitrogens with one attached hydrogen (secondary N) is 2. The second kappa shape index (κ2) is 6.89. The Kier molecular flexibility index (Phi) is 5.67. The average Bonchev–Trinajstić information content (AvgIpc) is 2.47. The molecule has 122 valence electrons. The fourth-order valence-electron chi connectivity index (χ4n) is 1.67. The zero-order valence-electron chi connectivity index (χ0n) is 12.7. The third-order valence-corrected chi connectivity index (χ3v) is 4.89. The quantitative estimate of drug-likeness (QED) is 0.690. The largest absolute Gasteiger partial charge is 0.480 e. The lowest BCUT2D eigenvalue weighted by Crippen LogP contribution is -2.51. The fraction of sp³-hybridized carbons (Fsp3) is 0.429. The Bertz CT molecular complexity index is 654. The van der Waals surface area contributed by atoms with Gasteiger partial charge in [-0.15, -0.1) is 0 Å². The molecule has 0 saturated heterocycles. The van der Waals surface area contributed by atoms with Gasteiger partial charge in [-0.25, -0.2) is 17.9 Å². The highest BCUT2D eigenvalue weighted by Crippen LogP contribution is 2.14. The van der Waals surface area contributed by atoms with E-state index in [9.17, 15) is 18.0 Å². The summed E-state index contributed by atoms with van der Waals surface area (Å²) in [5.74, 6) is -1.70. The van der Waals surface area contributed by atoms with Gasteiger partial charge < -0.3 is 10.4 Å². The lowest BCUT2D eigenvalue weighted by molar-refractivity contribution is -0.143. The summed E-state index contributed by atoms with van der Waals surface area (Å²) in [5, 5.41) is 11.6. The van der Waals surface area contributed by atoms with Gasteiger partial charge in [0.15, 0.2) is 0 Å². The molecule has 1 aromatic carbocycles. The molecule has 1 aromatic rings. The molecular formula is C14H20N2O5S. The van der Waals surface area contributed by atoms with Crippen LogP contribution in [0.15, 0.2) is 29.2 Å². The normalized spacial score (nSPS) is 14.1. The monoisotopic (exact) mass is 328 g/mol. The van der Waals surface area contributed by atoms with E-state index in [1.54, 1.807) is 13.8 Å². The summed E-state index contributed by atoms with van der Waals surface area (Å²) >= 11 is 0. The van der Waals surface area contributed by atoms with Gasteiger partial charge in [-0.1, -0.05) is 13.8 Å². The molecule has 0 aliphatic heterocycles. The lowest BCUT2D eigenvalue weighted by atomic mass is 9.98. The first-order chi connectivity index (χ1) is 10.2. The van der Waals surface area contributed by atoms with Crippen LogP contribution in [0.1, 0.15) is 37.6 Å². The van der Waals surface area contributed by atoms with Gasteiger partial charge >= 0.3 is 5.97 Å². The molecule has 3 N–H and O–H groups in total. The van der Waals surface area contributed by atoms with E-state index >= 15 is 0 Å². The summed E-state index contributed by atoms with van der Waals surface area (Å²) in [6.07, 6.45) is 0.223. The topological polar surface area (TPSA) is 113 Å². The van der Waals surface area contributed by atoms with Crippen LogP contribution in [0, 0.1) is 0 Å². The van der Waals surface area contributed by atoms with Crippen molar-refractivity contribution in [2.24, 2.45) is 0 Å². The number of benzene rings is 1. The van der Waals surface area contributed by atoms with Crippen molar-refractivity contribution in [3.63, 3.8) is 0 Å². The zero-order chi connectivity index (χ0) is 17.0. The molecule has 0 fully saturated rings. The van der Waals surface area contributed by atoms with Crippen molar-refractivity contribution in [1.82, 2.24) is 10.0 Å². The summed E-state index contributed by atoms with van der Waals surface area (Å²) in [7, 11) is -3.58. The Hall–Kier alpha value is -1.93. The highest BCUT2D eigenvalue weighted by atomic mass is 32.2. The Morgan fingerprint density at radius 3 is 2.14 bits per heavy atom. The third kappa shape index (κ3) is 4.05. The highest BCUT2D eigenvalue weighted by molar-refractivity contribution is 7.89. The van der Waals surface area contributed by atoms with E-state index in [1.165, 1.54) is 31.2 Å². The van der Waals surface area contributed by atoms with Crippen LogP contribution >= 0.6 is 0 Å². The summed E-state index contributed by atoms with van der Waals surface area (Å²) in [6, 6.07) is 5.29. The predicted octanol–water partition coefficient (Wildman–Crippen LogP) is 0.968. The van der Waals surface area contributed by atoms with Crippen molar-refractivity contribution < 1.29 is 23.1 Å². The van der Waals surface area contributed by atoms with E-state index in [2.05, 4.69) is 10.0 Å². The molecule has 0 bridgehead atoms. The van der Waals surface area contributed by atoms with Crippen LogP contribution in [0.3, 0.4) is 0 Å². The molecule has 1 amide bonds. The van der Waals surface area contributed by atoms with E-state index in [4.69, 9.17) is 5.11 Å². The van der Waals surface area contributed by atoms with E-state index < -0.39 is 27.4 Å². The standard InChI is InChI=1S/C14H20N2O5S/c1-4-14(3,13(18)19)16-12(17)10-6-8-11(9-7-10)22(20,21)15-5-2/h6-9,15H,4-5H2,1-3H3,(H,16,17)(H,18,19). The number of amides is 1. The van der Waals surface area contributed by atoms with Gasteiger partial charge in [0.1, 0.15) is 5.54 Å². The number of rotatable bonds is 7. The van der Waals surface area contributed by atoms with Crippen molar-refractivity contribution in [3.8, 4) is 0 Å². The molecule has 8 heteroatoms. The third-order valence-electron chi connectivity index (χ3n) is 3.33. The maximum atomic E-state index is 12.1. The Morgan fingerprint density at radius 1 is 1.18 bits per heavy atom. The number of aliphatic carboxylic acids is 1. The van der Waals surface area contributed by atoms with Crippen LogP contribution in [0.5, 0.6) is 0 Å². The van der Waals surface area contributed by atoms with Gasteiger partial charge in [0, 0.05) is 12.1 Å². The van der Waals surface area contributed by atoms with Crippen molar-refractivity contribution in [2.45, 2.75) is 37.6 Å². The molecule has 0 aliphatic carbocycles. The number of carboxylic acid groups (broad SMARTS) is 1. The number of hydrogen-bond acceptors (Lipinski definition) is 4. The van der Waals surface area contributed by atoms with E-state index in [1.807, 2.05) is 0 Å². The van der Waals surface area contributed by atoms with Gasteiger partial charge in [-0.3, -0.25) is 4.79 Å². The summed E-state index contributed by atoms with van der Waals surface area (Å²) in [4.78, 5) is 23.3. The van der Waals surface area contributed by atoms with Crippen LogP contribution < -0.4 is 10.0 Å². The van der Waals surface area contributed by atoms with Crippen molar-refractivity contribution >= 4 is 21.9 Å². The van der Waals surface area contributed by atoms with Gasteiger partial charge in [0.25, 0.3) is 5.91 Å². The highest BCUT2D eigenvalue weighted by Gasteiger charge is 2.33. The minimum atomic E-state index is -3.58. The summed E-state index contributed by atoms with van der Waals surface area (Å²) < 4.78 is 25.9. The molecule has 0 radical (unpaired) electrons. The van der Waals surface area contributed by atoms with Crippen molar-refractivity contribution in [2.75, 3.05) is 6.54 Å². The number of carbonyl (C=O) groups is 2. The average molecular weight is 328 g/mol. The van der Waals surface area contributed by atoms with Crippen LogP contribution in [0.4, 0.5) is 0 Å². The van der Waals surface area contributed by atoms with Gasteiger partial charge in [-0.05, 0) is 37.6 Å². The Balaban J connectivity index is 2.96. The molecule has 22 heavy (non-hydrogen) atoms. The lowest BCUT2D eigenvalue weighted by Gasteiger charge is -2.24. The van der Waals surface area contributed by atoms with Crippen LogP contribution in [-0.2, 0) is 14.8 Å². The molecule has 0 heterocycles. The second-order valence-electron chi connectivity index (χ2n) is 4.97. The number of sulfonamides is 1. The van der Waals surface area contributed by atoms with Crippen molar-refractivity contribution in [3.05, 3.63) is 29.8 Å². The molecule has 0 saturated carbocycles. The second-order valence-corrected chi connectivity index (χ2v) is 6.74. The van der Waals surface area contributed by atoms with E-state index in [0.29, 0.717) is 0 Å². The van der Waals surface area contributed by atoms with Gasteiger partial charge in [-0.2, -0.15) is 0 Å². The molecule has 0 aliphatic rings. The van der Waals surface area contributed by atoms with E-state index in [-0.39, 0.29) is 23.4 Å². The minimum Gasteiger partial charge on any atom is -0.480 e. The van der Waals surface area contributed by atoms with Crippen molar-refractivity contribution in [1.29, 1.82) is 0 Å². The first-order valence-electron chi connectivity index (χ1n) is 6.82. The number of carbonyl (C=O) groups excluding carboxylic acids is 1. The molecule has 1 unspecified atom stereocenters. The fourth-order valence-corrected chi connectivity index (χ4v) is 2.72. The molecule has 7 nitrogen and oxygen atoms in total. The Morgan fingerprint density at radius 2 is 1.73 bits per heavy atom. The first-order valence-corrected chi connectivity index (χ1v) is 8.30. The van der Waals surface area contributed by atoms with Crippen LogP contribution in [0.2, 0.25) is 0 Å². The van der Waals surface area contributed by atoms with Crippen LogP contribution in [0.25, 0.3) is 0 Å². The molecule has 1 rings (SSSR count). The first kappa shape index (κ1) is 18.1. The smallest absolute Gasteiger partial charge is 0.329 e. The van der Waals surface area contributed by atoms with E-state index in [0.717, 1.165) is 0 Å². The number of hydrogen-bond donors (Lipinski definition) is 3. The van der Waals surface area contributed by atoms with Crippen LogP contribution in [-0.4, -0.2) is 37.5 Å². The minimum absolute atomic E-state index is 0.0439. The maximum Gasteiger partial charge on any atom is 0.329 e. The SMILES string of the molecule is CCNS(=O)(=O)c1ccc(C(=O)NC(C)(CC)C(=O)O)cc1. The Labute approximate surface area is 129 Å². The predicted molar refractivity (Wildman–Crippen MR) is 81.1 cm³/mol. The molecular weight excluding hydrogens is 308 g/mol.